The van der Waals surface area contributed by atoms with Gasteiger partial charge in [0.2, 0.25) is 6.29 Å². The van der Waals surface area contributed by atoms with Crippen molar-refractivity contribution >= 4 is 29.2 Å². The number of esters is 1. The Labute approximate surface area is 182 Å². The van der Waals surface area contributed by atoms with Crippen LogP contribution in [0.2, 0.25) is 10.0 Å². The molecule has 30 heavy (non-hydrogen) atoms. The first-order valence-electron chi connectivity index (χ1n) is 8.91. The summed E-state index contributed by atoms with van der Waals surface area (Å²) in [6, 6.07) is 9.37. The van der Waals surface area contributed by atoms with Crippen LogP contribution in [-0.2, 0) is 9.47 Å². The van der Waals surface area contributed by atoms with Crippen LogP contribution in [0.25, 0.3) is 11.1 Å². The van der Waals surface area contributed by atoms with Gasteiger partial charge in [-0.2, -0.15) is 0 Å². The Hall–Kier alpha value is -1.91. The zero-order chi connectivity index (χ0) is 22.0. The van der Waals surface area contributed by atoms with Crippen molar-refractivity contribution in [3.05, 3.63) is 52.0 Å². The number of ether oxygens (including phenoxy) is 3. The highest BCUT2D eigenvalue weighted by atomic mass is 35.5. The third kappa shape index (κ3) is 4.55. The molecule has 1 heterocycles. The quantitative estimate of drug-likeness (QED) is 0.498. The van der Waals surface area contributed by atoms with Gasteiger partial charge in [-0.3, -0.25) is 0 Å². The van der Waals surface area contributed by atoms with Crippen LogP contribution in [-0.4, -0.2) is 70.8 Å². The lowest BCUT2D eigenvalue weighted by Crippen LogP contribution is -2.60. The number of hydrogen-bond donors (Lipinski definition) is 4. The predicted molar refractivity (Wildman–Crippen MR) is 108 cm³/mol. The van der Waals surface area contributed by atoms with Crippen molar-refractivity contribution in [2.24, 2.45) is 0 Å². The lowest BCUT2D eigenvalue weighted by molar-refractivity contribution is -0.277. The van der Waals surface area contributed by atoms with E-state index in [9.17, 15) is 25.2 Å². The minimum atomic E-state index is -1.57. The highest BCUT2D eigenvalue weighted by Gasteiger charge is 2.44. The van der Waals surface area contributed by atoms with E-state index in [4.69, 9.17) is 32.7 Å². The van der Waals surface area contributed by atoms with Crippen LogP contribution in [0.1, 0.15) is 10.4 Å². The molecule has 10 heteroatoms. The molecule has 0 unspecified atom stereocenters. The second-order valence-corrected chi connectivity index (χ2v) is 7.46. The summed E-state index contributed by atoms with van der Waals surface area (Å²) in [4.78, 5) is 11.6. The number of rotatable bonds is 5. The van der Waals surface area contributed by atoms with E-state index >= 15 is 0 Å². The molecule has 3 rings (SSSR count). The summed E-state index contributed by atoms with van der Waals surface area (Å²) in [5.74, 6) is -0.328. The molecule has 1 aliphatic heterocycles. The first-order chi connectivity index (χ1) is 14.3. The standard InChI is InChI=1S/C20H20Cl2O8/c1-28-19(27)10-4-2-9(3-5-10)15-12(21)6-11(7-13(15)22)29-20-18(26)17(25)16(24)14(8-23)30-20/h2-7,14,16-18,20,23-26H,8H2,1H3/t14-,16-,17+,18+,20+/m1/s1. The SMILES string of the molecule is COC(=O)c1ccc(-c2c(Cl)cc(O[C@H]3O[C@H](CO)[C@@H](O)[C@H](O)[C@@H]3O)cc2Cl)cc1. The van der Waals surface area contributed by atoms with E-state index in [0.29, 0.717) is 16.7 Å². The number of methoxy groups -OCH3 is 1. The average Bonchev–Trinajstić information content (AvgIpc) is 2.73. The molecule has 0 radical (unpaired) electrons. The van der Waals surface area contributed by atoms with Gasteiger partial charge >= 0.3 is 5.97 Å². The monoisotopic (exact) mass is 458 g/mol. The Morgan fingerprint density at radius 3 is 2.17 bits per heavy atom. The van der Waals surface area contributed by atoms with E-state index in [1.54, 1.807) is 24.3 Å². The van der Waals surface area contributed by atoms with Gasteiger partial charge in [0, 0.05) is 5.56 Å². The molecule has 1 aliphatic rings. The number of aliphatic hydroxyl groups excluding tert-OH is 4. The van der Waals surface area contributed by atoms with Gasteiger partial charge in [0.25, 0.3) is 0 Å². The predicted octanol–water partition coefficient (Wildman–Crippen LogP) is 1.63. The van der Waals surface area contributed by atoms with Crippen molar-refractivity contribution in [2.45, 2.75) is 30.7 Å². The number of halogens is 2. The first-order valence-corrected chi connectivity index (χ1v) is 9.67. The molecule has 8 nitrogen and oxygen atoms in total. The molecule has 4 N–H and O–H groups in total. The molecule has 2 aromatic rings. The van der Waals surface area contributed by atoms with Gasteiger partial charge in [-0.1, -0.05) is 35.3 Å². The smallest absolute Gasteiger partial charge is 0.337 e. The van der Waals surface area contributed by atoms with Crippen LogP contribution in [0.5, 0.6) is 5.75 Å². The lowest BCUT2D eigenvalue weighted by Gasteiger charge is -2.39. The zero-order valence-electron chi connectivity index (χ0n) is 15.7. The molecule has 0 saturated carbocycles. The topological polar surface area (TPSA) is 126 Å². The number of benzene rings is 2. The number of hydrogen-bond acceptors (Lipinski definition) is 8. The highest BCUT2D eigenvalue weighted by Crippen LogP contribution is 2.39. The van der Waals surface area contributed by atoms with E-state index in [1.165, 1.54) is 19.2 Å². The molecular formula is C20H20Cl2O8. The molecule has 0 spiro atoms. The minimum absolute atomic E-state index is 0.143. The second-order valence-electron chi connectivity index (χ2n) is 6.65. The van der Waals surface area contributed by atoms with Crippen LogP contribution >= 0.6 is 23.2 Å². The van der Waals surface area contributed by atoms with E-state index in [1.807, 2.05) is 0 Å². The van der Waals surface area contributed by atoms with Gasteiger partial charge in [-0.05, 0) is 29.8 Å². The van der Waals surface area contributed by atoms with E-state index in [-0.39, 0.29) is 15.8 Å². The maximum Gasteiger partial charge on any atom is 0.337 e. The van der Waals surface area contributed by atoms with Crippen molar-refractivity contribution in [1.29, 1.82) is 0 Å². The third-order valence-corrected chi connectivity index (χ3v) is 5.31. The van der Waals surface area contributed by atoms with Crippen LogP contribution in [0.4, 0.5) is 0 Å². The number of aliphatic hydroxyl groups is 4. The van der Waals surface area contributed by atoms with Crippen molar-refractivity contribution in [2.75, 3.05) is 13.7 Å². The molecule has 5 atom stereocenters. The molecule has 0 aliphatic carbocycles. The van der Waals surface area contributed by atoms with Gasteiger partial charge in [0.1, 0.15) is 30.2 Å². The summed E-state index contributed by atoms with van der Waals surface area (Å²) in [5.41, 5.74) is 1.52. The van der Waals surface area contributed by atoms with Gasteiger partial charge in [-0.25, -0.2) is 4.79 Å². The highest BCUT2D eigenvalue weighted by molar-refractivity contribution is 6.39. The summed E-state index contributed by atoms with van der Waals surface area (Å²) in [7, 11) is 1.29. The van der Waals surface area contributed by atoms with E-state index in [2.05, 4.69) is 4.74 Å². The molecule has 0 aromatic heterocycles. The van der Waals surface area contributed by atoms with E-state index in [0.717, 1.165) is 0 Å². The summed E-state index contributed by atoms with van der Waals surface area (Å²) < 4.78 is 15.5. The Morgan fingerprint density at radius 2 is 1.63 bits per heavy atom. The van der Waals surface area contributed by atoms with Gasteiger partial charge in [0.05, 0.1) is 29.3 Å². The molecule has 0 amide bonds. The van der Waals surface area contributed by atoms with Crippen LogP contribution < -0.4 is 4.74 Å². The third-order valence-electron chi connectivity index (χ3n) is 4.71. The van der Waals surface area contributed by atoms with Crippen LogP contribution in [0, 0.1) is 0 Å². The Bertz CT molecular complexity index is 879. The number of carbonyl (C=O) groups excluding carboxylic acids is 1. The fourth-order valence-corrected chi connectivity index (χ4v) is 3.77. The van der Waals surface area contributed by atoms with Gasteiger partial charge < -0.3 is 34.6 Å². The minimum Gasteiger partial charge on any atom is -0.465 e. The fourth-order valence-electron chi connectivity index (χ4n) is 3.08. The molecule has 1 saturated heterocycles. The van der Waals surface area contributed by atoms with Crippen molar-refractivity contribution < 1.29 is 39.4 Å². The zero-order valence-corrected chi connectivity index (χ0v) is 17.2. The number of carbonyl (C=O) groups is 1. The summed E-state index contributed by atoms with van der Waals surface area (Å²) in [6.45, 7) is -0.577. The van der Waals surface area contributed by atoms with Crippen LogP contribution in [0.3, 0.4) is 0 Å². The van der Waals surface area contributed by atoms with E-state index < -0.39 is 43.3 Å². The maximum atomic E-state index is 11.6. The second kappa shape index (κ2) is 9.49. The van der Waals surface area contributed by atoms with Crippen molar-refractivity contribution in [1.82, 2.24) is 0 Å². The maximum absolute atomic E-state index is 11.6. The largest absolute Gasteiger partial charge is 0.465 e. The van der Waals surface area contributed by atoms with Gasteiger partial charge in [0.15, 0.2) is 0 Å². The molecule has 0 bridgehead atoms. The van der Waals surface area contributed by atoms with Gasteiger partial charge in [-0.15, -0.1) is 0 Å². The van der Waals surface area contributed by atoms with Crippen LogP contribution in [0.15, 0.2) is 36.4 Å². The van der Waals surface area contributed by atoms with Crippen molar-refractivity contribution in [3.63, 3.8) is 0 Å². The molecule has 162 valence electrons. The first kappa shape index (κ1) is 22.8. The molecule has 2 aromatic carbocycles. The van der Waals surface area contributed by atoms with Crippen molar-refractivity contribution in [3.8, 4) is 16.9 Å². The Balaban J connectivity index is 1.83. The molecular weight excluding hydrogens is 439 g/mol. The molecule has 1 fully saturated rings. The summed E-state index contributed by atoms with van der Waals surface area (Å²) in [6.07, 6.45) is -7.09. The normalized spacial score (nSPS) is 26.3. The fraction of sp³-hybridized carbons (Fsp3) is 0.350. The Morgan fingerprint density at radius 1 is 1.03 bits per heavy atom. The lowest BCUT2D eigenvalue weighted by atomic mass is 9.99. The Kier molecular flexibility index (Phi) is 7.20. The summed E-state index contributed by atoms with van der Waals surface area (Å²) >= 11 is 12.7. The summed E-state index contributed by atoms with van der Waals surface area (Å²) in [5, 5.41) is 39.5. The average molecular weight is 459 g/mol.